The van der Waals surface area contributed by atoms with Crippen LogP contribution in [0, 0.1) is 0 Å². The van der Waals surface area contributed by atoms with Crippen molar-refractivity contribution in [1.82, 2.24) is 15.0 Å². The third kappa shape index (κ3) is 4.90. The van der Waals surface area contributed by atoms with Gasteiger partial charge < -0.3 is 4.18 Å². The SMILES string of the molecule is FC(F)(F)SOc1cc2c3ccccc3c3ccccc3c2cc1-c1nc(-c2ccccc2)nc(-c2ccccc2)n1. The quantitative estimate of drug-likeness (QED) is 0.151. The van der Waals surface area contributed by atoms with Crippen LogP contribution in [-0.2, 0) is 0 Å². The molecule has 0 aliphatic heterocycles. The fourth-order valence-electron chi connectivity index (χ4n) is 5.20. The molecule has 0 amide bonds. The summed E-state index contributed by atoms with van der Waals surface area (Å²) >= 11 is -0.557. The average Bonchev–Trinajstić information content (AvgIpc) is 3.04. The van der Waals surface area contributed by atoms with Crippen LogP contribution in [-0.4, -0.2) is 20.5 Å². The molecule has 4 nitrogen and oxygen atoms in total. The van der Waals surface area contributed by atoms with Crippen molar-refractivity contribution >= 4 is 44.4 Å². The molecule has 0 aliphatic carbocycles. The third-order valence-electron chi connectivity index (χ3n) is 7.01. The maximum atomic E-state index is 13.4. The zero-order chi connectivity index (χ0) is 28.7. The Morgan fingerprint density at radius 3 is 1.36 bits per heavy atom. The maximum Gasteiger partial charge on any atom is 0.479 e. The zero-order valence-electron chi connectivity index (χ0n) is 21.8. The van der Waals surface area contributed by atoms with Gasteiger partial charge in [-0.05, 0) is 44.5 Å². The summed E-state index contributed by atoms with van der Waals surface area (Å²) in [5.74, 6) is 1.02. The highest BCUT2D eigenvalue weighted by Crippen LogP contribution is 2.43. The van der Waals surface area contributed by atoms with Crippen LogP contribution in [0.5, 0.6) is 5.75 Å². The van der Waals surface area contributed by atoms with Crippen LogP contribution in [0.1, 0.15) is 0 Å². The van der Waals surface area contributed by atoms with Gasteiger partial charge in [0.05, 0.1) is 5.56 Å². The topological polar surface area (TPSA) is 47.9 Å². The minimum Gasteiger partial charge on any atom is -0.416 e. The molecule has 0 fully saturated rings. The first kappa shape index (κ1) is 26.0. The van der Waals surface area contributed by atoms with E-state index in [2.05, 4.69) is 0 Å². The molecule has 204 valence electrons. The lowest BCUT2D eigenvalue weighted by molar-refractivity contribution is -0.0369. The molecule has 0 spiro atoms. The molecule has 0 radical (unpaired) electrons. The standard InChI is InChI=1S/C34H20F3N3OS/c35-34(36,37)42-41-30-20-28-26-18-10-8-16-24(26)23-15-7-9-17-25(23)27(28)19-29(30)33-39-31(21-11-3-1-4-12-21)38-32(40-33)22-13-5-2-6-14-22/h1-20H. The Balaban J connectivity index is 1.55. The summed E-state index contributed by atoms with van der Waals surface area (Å²) in [5, 5.41) is 5.53. The Hall–Kier alpha value is -4.95. The fourth-order valence-corrected chi connectivity index (χ4v) is 5.52. The van der Waals surface area contributed by atoms with Crippen LogP contribution >= 0.6 is 12.0 Å². The molecule has 0 saturated carbocycles. The van der Waals surface area contributed by atoms with Gasteiger partial charge in [-0.25, -0.2) is 15.0 Å². The van der Waals surface area contributed by atoms with Gasteiger partial charge in [-0.1, -0.05) is 109 Å². The summed E-state index contributed by atoms with van der Waals surface area (Å²) in [6, 6.07) is 38.1. The lowest BCUT2D eigenvalue weighted by atomic mass is 9.93. The van der Waals surface area contributed by atoms with Crippen molar-refractivity contribution in [2.24, 2.45) is 0 Å². The molecule has 1 heterocycles. The third-order valence-corrected chi connectivity index (χ3v) is 7.46. The molecule has 8 heteroatoms. The first-order chi connectivity index (χ1) is 20.4. The van der Waals surface area contributed by atoms with Crippen LogP contribution in [0.25, 0.3) is 66.5 Å². The van der Waals surface area contributed by atoms with Gasteiger partial charge in [0, 0.05) is 11.1 Å². The Labute approximate surface area is 243 Å². The number of rotatable bonds is 5. The normalized spacial score (nSPS) is 11.8. The van der Waals surface area contributed by atoms with Crippen molar-refractivity contribution in [3.05, 3.63) is 121 Å². The fraction of sp³-hybridized carbons (Fsp3) is 0.0294. The van der Waals surface area contributed by atoms with Gasteiger partial charge in [-0.15, -0.1) is 0 Å². The first-order valence-corrected chi connectivity index (χ1v) is 13.9. The molecule has 7 rings (SSSR count). The molecule has 0 saturated heterocycles. The molecule has 7 aromatic rings. The van der Waals surface area contributed by atoms with Gasteiger partial charge in [-0.3, -0.25) is 0 Å². The zero-order valence-corrected chi connectivity index (χ0v) is 22.7. The van der Waals surface area contributed by atoms with E-state index in [0.29, 0.717) is 17.2 Å². The van der Waals surface area contributed by atoms with Gasteiger partial charge in [0.2, 0.25) is 0 Å². The molecule has 0 atom stereocenters. The summed E-state index contributed by atoms with van der Waals surface area (Å²) in [6.45, 7) is 0. The molecule has 0 bridgehead atoms. The highest BCUT2D eigenvalue weighted by Gasteiger charge is 2.32. The van der Waals surface area contributed by atoms with E-state index < -0.39 is 17.6 Å². The van der Waals surface area contributed by atoms with Crippen LogP contribution in [0.3, 0.4) is 0 Å². The Morgan fingerprint density at radius 2 is 0.881 bits per heavy atom. The lowest BCUT2D eigenvalue weighted by Crippen LogP contribution is -2.05. The number of fused-ring (bicyclic) bond motifs is 6. The molecule has 42 heavy (non-hydrogen) atoms. The molecule has 6 aromatic carbocycles. The van der Waals surface area contributed by atoms with E-state index in [1.807, 2.05) is 115 Å². The van der Waals surface area contributed by atoms with E-state index in [1.54, 1.807) is 6.07 Å². The van der Waals surface area contributed by atoms with Crippen molar-refractivity contribution in [2.45, 2.75) is 5.51 Å². The summed E-state index contributed by atoms with van der Waals surface area (Å²) in [5.41, 5.74) is -2.77. The largest absolute Gasteiger partial charge is 0.479 e. The van der Waals surface area contributed by atoms with Gasteiger partial charge >= 0.3 is 5.51 Å². The highest BCUT2D eigenvalue weighted by molar-refractivity contribution is 7.95. The number of aromatic nitrogens is 3. The van der Waals surface area contributed by atoms with E-state index in [0.717, 1.165) is 43.4 Å². The van der Waals surface area contributed by atoms with E-state index in [4.69, 9.17) is 19.1 Å². The minimum absolute atomic E-state index is 0.00878. The number of nitrogens with zero attached hydrogens (tertiary/aromatic N) is 3. The monoisotopic (exact) mass is 575 g/mol. The predicted octanol–water partition coefficient (Wildman–Crippen LogP) is 9.88. The van der Waals surface area contributed by atoms with Crippen molar-refractivity contribution in [3.8, 4) is 39.9 Å². The van der Waals surface area contributed by atoms with Gasteiger partial charge in [0.25, 0.3) is 0 Å². The van der Waals surface area contributed by atoms with Crippen molar-refractivity contribution in [3.63, 3.8) is 0 Å². The lowest BCUT2D eigenvalue weighted by Gasteiger charge is -2.16. The summed E-state index contributed by atoms with van der Waals surface area (Å²) < 4.78 is 45.7. The van der Waals surface area contributed by atoms with E-state index in [9.17, 15) is 13.2 Å². The number of benzene rings is 6. The van der Waals surface area contributed by atoms with Crippen molar-refractivity contribution in [2.75, 3.05) is 0 Å². The van der Waals surface area contributed by atoms with Crippen molar-refractivity contribution < 1.29 is 17.4 Å². The summed E-state index contributed by atoms with van der Waals surface area (Å²) in [7, 11) is 0. The second-order valence-corrected chi connectivity index (χ2v) is 10.4. The summed E-state index contributed by atoms with van der Waals surface area (Å²) in [6.07, 6.45) is 0. The smallest absolute Gasteiger partial charge is 0.416 e. The first-order valence-electron chi connectivity index (χ1n) is 13.1. The molecular formula is C34H20F3N3OS. The Kier molecular flexibility index (Phi) is 6.47. The maximum absolute atomic E-state index is 13.4. The number of alkyl halides is 3. The van der Waals surface area contributed by atoms with Crippen molar-refractivity contribution in [1.29, 1.82) is 0 Å². The van der Waals surface area contributed by atoms with E-state index in [1.165, 1.54) is 0 Å². The van der Waals surface area contributed by atoms with E-state index >= 15 is 0 Å². The van der Waals surface area contributed by atoms with Crippen LogP contribution in [0.2, 0.25) is 0 Å². The van der Waals surface area contributed by atoms with Gasteiger partial charge in [0.1, 0.15) is 5.75 Å². The van der Waals surface area contributed by atoms with Gasteiger partial charge in [-0.2, -0.15) is 13.2 Å². The highest BCUT2D eigenvalue weighted by atomic mass is 32.2. The average molecular weight is 576 g/mol. The molecular weight excluding hydrogens is 555 g/mol. The van der Waals surface area contributed by atoms with Crippen LogP contribution in [0.15, 0.2) is 121 Å². The predicted molar refractivity (Wildman–Crippen MR) is 163 cm³/mol. The molecule has 1 aromatic heterocycles. The van der Waals surface area contributed by atoms with E-state index in [-0.39, 0.29) is 11.6 Å². The number of hydrogen-bond acceptors (Lipinski definition) is 5. The second-order valence-electron chi connectivity index (χ2n) is 9.64. The number of hydrogen-bond donors (Lipinski definition) is 0. The summed E-state index contributed by atoms with van der Waals surface area (Å²) in [4.78, 5) is 14.2. The van der Waals surface area contributed by atoms with Crippen LogP contribution in [0.4, 0.5) is 13.2 Å². The number of halogens is 3. The second kappa shape index (κ2) is 10.5. The van der Waals surface area contributed by atoms with Gasteiger partial charge in [0.15, 0.2) is 29.5 Å². The minimum atomic E-state index is -4.61. The Morgan fingerprint density at radius 1 is 0.476 bits per heavy atom. The molecule has 0 N–H and O–H groups in total. The Bertz CT molecular complexity index is 2030. The van der Waals surface area contributed by atoms with Crippen LogP contribution < -0.4 is 4.18 Å². The molecule has 0 aliphatic rings. The molecule has 0 unspecified atom stereocenters.